The molecule has 0 fully saturated rings. The van der Waals surface area contributed by atoms with E-state index in [0.29, 0.717) is 24.1 Å². The zero-order chi connectivity index (χ0) is 14.7. The maximum atomic E-state index is 11.6. The van der Waals surface area contributed by atoms with Crippen LogP contribution in [-0.4, -0.2) is 44.4 Å². The van der Waals surface area contributed by atoms with E-state index in [1.54, 1.807) is 13.1 Å². The number of hydrogen-bond acceptors (Lipinski definition) is 6. The number of rotatable bonds is 6. The van der Waals surface area contributed by atoms with Crippen LogP contribution in [0.15, 0.2) is 11.0 Å². The molecule has 110 valence electrons. The predicted octanol–water partition coefficient (Wildman–Crippen LogP) is -1.09. The van der Waals surface area contributed by atoms with Crippen molar-refractivity contribution in [3.8, 4) is 0 Å². The highest BCUT2D eigenvalue weighted by molar-refractivity contribution is 5.78. The van der Waals surface area contributed by atoms with Gasteiger partial charge in [-0.05, 0) is 6.92 Å². The van der Waals surface area contributed by atoms with E-state index in [4.69, 9.17) is 10.8 Å². The summed E-state index contributed by atoms with van der Waals surface area (Å²) in [5.41, 5.74) is 6.92. The van der Waals surface area contributed by atoms with E-state index in [1.807, 2.05) is 0 Å². The monoisotopic (exact) mass is 281 g/mol. The van der Waals surface area contributed by atoms with E-state index in [1.165, 1.54) is 0 Å². The van der Waals surface area contributed by atoms with Crippen molar-refractivity contribution in [1.29, 1.82) is 0 Å². The van der Waals surface area contributed by atoms with Gasteiger partial charge in [-0.25, -0.2) is 4.98 Å². The number of aliphatic hydroxyl groups is 2. The second-order valence-electron chi connectivity index (χ2n) is 4.80. The standard InChI is InChI=1S/C12H19N5O3/c1-6(19)8(5-18)3-14-2-7-4-15-10-9(7)16-12(13)17-11(10)20/h4,6,8,14-15,18-19H,2-3,5H2,1H3,(H3,13,16,17,20)/t6-,8-/m1/s1. The van der Waals surface area contributed by atoms with Crippen molar-refractivity contribution in [3.63, 3.8) is 0 Å². The first-order valence-corrected chi connectivity index (χ1v) is 6.38. The molecule has 2 heterocycles. The molecule has 0 bridgehead atoms. The molecule has 0 saturated carbocycles. The number of aromatic amines is 2. The highest BCUT2D eigenvalue weighted by Crippen LogP contribution is 2.13. The maximum absolute atomic E-state index is 11.6. The van der Waals surface area contributed by atoms with Crippen LogP contribution in [0.2, 0.25) is 0 Å². The van der Waals surface area contributed by atoms with Gasteiger partial charge in [0.1, 0.15) is 11.0 Å². The van der Waals surface area contributed by atoms with E-state index in [0.717, 1.165) is 5.56 Å². The lowest BCUT2D eigenvalue weighted by Crippen LogP contribution is -2.32. The van der Waals surface area contributed by atoms with Gasteiger partial charge in [0.05, 0.1) is 6.10 Å². The first kappa shape index (κ1) is 14.5. The summed E-state index contributed by atoms with van der Waals surface area (Å²) in [7, 11) is 0. The Morgan fingerprint density at radius 3 is 2.95 bits per heavy atom. The number of hydrogen-bond donors (Lipinski definition) is 6. The summed E-state index contributed by atoms with van der Waals surface area (Å²) >= 11 is 0. The van der Waals surface area contributed by atoms with Crippen molar-refractivity contribution in [2.24, 2.45) is 5.92 Å². The minimum Gasteiger partial charge on any atom is -0.396 e. The largest absolute Gasteiger partial charge is 0.396 e. The molecule has 2 rings (SSSR count). The number of fused-ring (bicyclic) bond motifs is 1. The Morgan fingerprint density at radius 1 is 1.55 bits per heavy atom. The number of nitrogens with one attached hydrogen (secondary N) is 3. The normalized spacial score (nSPS) is 14.6. The van der Waals surface area contributed by atoms with Crippen molar-refractivity contribution >= 4 is 17.0 Å². The molecule has 0 amide bonds. The zero-order valence-electron chi connectivity index (χ0n) is 11.2. The van der Waals surface area contributed by atoms with Gasteiger partial charge in [0.2, 0.25) is 5.95 Å². The van der Waals surface area contributed by atoms with Crippen LogP contribution < -0.4 is 16.6 Å². The molecule has 8 nitrogen and oxygen atoms in total. The molecule has 20 heavy (non-hydrogen) atoms. The topological polar surface area (TPSA) is 140 Å². The molecular weight excluding hydrogens is 262 g/mol. The Morgan fingerprint density at radius 2 is 2.30 bits per heavy atom. The zero-order valence-corrected chi connectivity index (χ0v) is 11.2. The van der Waals surface area contributed by atoms with E-state index >= 15 is 0 Å². The maximum Gasteiger partial charge on any atom is 0.276 e. The summed E-state index contributed by atoms with van der Waals surface area (Å²) in [4.78, 5) is 21.0. The van der Waals surface area contributed by atoms with Crippen LogP contribution in [0.3, 0.4) is 0 Å². The van der Waals surface area contributed by atoms with Crippen LogP contribution in [0.5, 0.6) is 0 Å². The SMILES string of the molecule is C[C@@H](O)[C@@H](CO)CNCc1c[nH]c2c(=O)[nH]c(N)nc12. The summed E-state index contributed by atoms with van der Waals surface area (Å²) in [5.74, 6) is -0.165. The number of aliphatic hydroxyl groups excluding tert-OH is 2. The highest BCUT2D eigenvalue weighted by Gasteiger charge is 2.14. The first-order valence-electron chi connectivity index (χ1n) is 6.38. The Bertz CT molecular complexity index is 634. The molecule has 0 unspecified atom stereocenters. The molecule has 0 aliphatic heterocycles. The third kappa shape index (κ3) is 2.98. The Hall–Kier alpha value is -1.90. The molecule has 0 saturated heterocycles. The second kappa shape index (κ2) is 6.04. The molecule has 2 aromatic rings. The lowest BCUT2D eigenvalue weighted by molar-refractivity contribution is 0.0803. The summed E-state index contributed by atoms with van der Waals surface area (Å²) < 4.78 is 0. The highest BCUT2D eigenvalue weighted by atomic mass is 16.3. The molecule has 7 N–H and O–H groups in total. The lowest BCUT2D eigenvalue weighted by Gasteiger charge is -2.17. The fourth-order valence-electron chi connectivity index (χ4n) is 2.00. The van der Waals surface area contributed by atoms with Crippen molar-refractivity contribution in [2.45, 2.75) is 19.6 Å². The number of nitrogen functional groups attached to an aromatic ring is 1. The van der Waals surface area contributed by atoms with Crippen molar-refractivity contribution in [1.82, 2.24) is 20.3 Å². The van der Waals surface area contributed by atoms with E-state index in [-0.39, 0.29) is 24.0 Å². The Kier molecular flexibility index (Phi) is 4.38. The molecule has 8 heteroatoms. The average molecular weight is 281 g/mol. The van der Waals surface area contributed by atoms with Crippen LogP contribution >= 0.6 is 0 Å². The third-order valence-corrected chi connectivity index (χ3v) is 3.27. The summed E-state index contributed by atoms with van der Waals surface area (Å²) in [6, 6.07) is 0. The van der Waals surface area contributed by atoms with Gasteiger partial charge in [-0.15, -0.1) is 0 Å². The van der Waals surface area contributed by atoms with Gasteiger partial charge in [-0.1, -0.05) is 0 Å². The van der Waals surface area contributed by atoms with Gasteiger partial charge in [-0.2, -0.15) is 0 Å². The fourth-order valence-corrected chi connectivity index (χ4v) is 2.00. The molecule has 0 radical (unpaired) electrons. The molecule has 0 spiro atoms. The van der Waals surface area contributed by atoms with Crippen LogP contribution in [0, 0.1) is 5.92 Å². The smallest absolute Gasteiger partial charge is 0.276 e. The van der Waals surface area contributed by atoms with Crippen LogP contribution in [0.4, 0.5) is 5.95 Å². The quantitative estimate of drug-likeness (QED) is 0.397. The second-order valence-corrected chi connectivity index (χ2v) is 4.80. The van der Waals surface area contributed by atoms with E-state index < -0.39 is 6.10 Å². The lowest BCUT2D eigenvalue weighted by atomic mass is 10.1. The number of nitrogens with zero attached hydrogens (tertiary/aromatic N) is 1. The minimum absolute atomic E-state index is 0.0700. The molecule has 0 aliphatic rings. The van der Waals surface area contributed by atoms with Crippen molar-refractivity contribution in [2.75, 3.05) is 18.9 Å². The number of aromatic nitrogens is 3. The molecular formula is C12H19N5O3. The number of anilines is 1. The van der Waals surface area contributed by atoms with Crippen molar-refractivity contribution in [3.05, 3.63) is 22.1 Å². The van der Waals surface area contributed by atoms with Crippen LogP contribution in [0.25, 0.3) is 11.0 Å². The van der Waals surface area contributed by atoms with Gasteiger partial charge < -0.3 is 26.2 Å². The third-order valence-electron chi connectivity index (χ3n) is 3.27. The van der Waals surface area contributed by atoms with Crippen LogP contribution in [-0.2, 0) is 6.54 Å². The molecule has 0 aromatic carbocycles. The van der Waals surface area contributed by atoms with Gasteiger partial charge in [0, 0.05) is 37.4 Å². The van der Waals surface area contributed by atoms with Gasteiger partial charge in [0.25, 0.3) is 5.56 Å². The summed E-state index contributed by atoms with van der Waals surface area (Å²) in [6.07, 6.45) is 1.10. The van der Waals surface area contributed by atoms with Crippen LogP contribution in [0.1, 0.15) is 12.5 Å². The molecule has 2 atom stereocenters. The fraction of sp³-hybridized carbons (Fsp3) is 0.500. The van der Waals surface area contributed by atoms with Gasteiger partial charge >= 0.3 is 0 Å². The summed E-state index contributed by atoms with van der Waals surface area (Å²) in [5, 5.41) is 21.7. The first-order chi connectivity index (χ1) is 9.52. The average Bonchev–Trinajstić information content (AvgIpc) is 2.77. The molecule has 0 aliphatic carbocycles. The number of H-pyrrole nitrogens is 2. The van der Waals surface area contributed by atoms with Gasteiger partial charge in [-0.3, -0.25) is 9.78 Å². The number of nitrogens with two attached hydrogens (primary N) is 1. The van der Waals surface area contributed by atoms with Crippen molar-refractivity contribution < 1.29 is 10.2 Å². The van der Waals surface area contributed by atoms with E-state index in [9.17, 15) is 9.90 Å². The molecule has 2 aromatic heterocycles. The summed E-state index contributed by atoms with van der Waals surface area (Å²) in [6.45, 7) is 2.46. The predicted molar refractivity (Wildman–Crippen MR) is 75.1 cm³/mol. The van der Waals surface area contributed by atoms with E-state index in [2.05, 4.69) is 20.3 Å². The Balaban J connectivity index is 2.09. The Labute approximate surface area is 115 Å². The minimum atomic E-state index is -0.591. The van der Waals surface area contributed by atoms with Gasteiger partial charge in [0.15, 0.2) is 0 Å².